The van der Waals surface area contributed by atoms with E-state index in [0.717, 1.165) is 5.56 Å². The quantitative estimate of drug-likeness (QED) is 0.868. The van der Waals surface area contributed by atoms with Crippen LogP contribution in [-0.4, -0.2) is 26.2 Å². The minimum Gasteiger partial charge on any atom is -0.466 e. The molecule has 1 N–H and O–H groups in total. The molecule has 1 aliphatic rings. The molecule has 116 valence electrons. The number of nitrogens with one attached hydrogen (secondary N) is 1. The fourth-order valence-corrected chi connectivity index (χ4v) is 2.68. The lowest BCUT2D eigenvalue weighted by Crippen LogP contribution is -2.33. The summed E-state index contributed by atoms with van der Waals surface area (Å²) >= 11 is 0. The first-order chi connectivity index (χ1) is 10.5. The van der Waals surface area contributed by atoms with Crippen LogP contribution in [-0.2, 0) is 19.1 Å². The van der Waals surface area contributed by atoms with Crippen LogP contribution in [0.2, 0.25) is 0 Å². The van der Waals surface area contributed by atoms with Crippen molar-refractivity contribution in [2.24, 2.45) is 0 Å². The molecule has 1 aliphatic heterocycles. The number of rotatable bonds is 3. The molecule has 0 saturated heterocycles. The van der Waals surface area contributed by atoms with Crippen molar-refractivity contribution in [1.82, 2.24) is 5.32 Å². The second-order valence-electron chi connectivity index (χ2n) is 5.01. The first-order valence-electron chi connectivity index (χ1n) is 6.91. The van der Waals surface area contributed by atoms with E-state index in [1.165, 1.54) is 14.2 Å². The highest BCUT2D eigenvalue weighted by molar-refractivity contribution is 6.00. The van der Waals surface area contributed by atoms with Crippen LogP contribution in [0, 0.1) is 0 Å². The molecule has 2 rings (SSSR count). The molecular formula is C17H19NO4. The molecule has 0 saturated carbocycles. The van der Waals surface area contributed by atoms with Crippen molar-refractivity contribution < 1.29 is 19.1 Å². The summed E-state index contributed by atoms with van der Waals surface area (Å²) in [7, 11) is 2.64. The van der Waals surface area contributed by atoms with Crippen LogP contribution in [0.15, 0.2) is 52.7 Å². The summed E-state index contributed by atoms with van der Waals surface area (Å²) < 4.78 is 9.71. The van der Waals surface area contributed by atoms with Crippen LogP contribution in [0.1, 0.15) is 25.5 Å². The molecule has 1 unspecified atom stereocenters. The number of carbonyl (C=O) groups is 2. The lowest BCUT2D eigenvalue weighted by Gasteiger charge is -2.30. The second-order valence-corrected chi connectivity index (χ2v) is 5.01. The summed E-state index contributed by atoms with van der Waals surface area (Å²) in [6.45, 7) is 3.53. The summed E-state index contributed by atoms with van der Waals surface area (Å²) in [6.07, 6.45) is 0. The van der Waals surface area contributed by atoms with Gasteiger partial charge in [-0.3, -0.25) is 0 Å². The predicted octanol–water partition coefficient (Wildman–Crippen LogP) is 2.27. The Morgan fingerprint density at radius 3 is 2.14 bits per heavy atom. The summed E-state index contributed by atoms with van der Waals surface area (Å²) in [5.41, 5.74) is 2.95. The van der Waals surface area contributed by atoms with Crippen molar-refractivity contribution in [3.8, 4) is 0 Å². The van der Waals surface area contributed by atoms with Crippen molar-refractivity contribution >= 4 is 11.9 Å². The van der Waals surface area contributed by atoms with Crippen LogP contribution >= 0.6 is 0 Å². The molecule has 0 aromatic heterocycles. The summed E-state index contributed by atoms with van der Waals surface area (Å²) in [5, 5.41) is 3.21. The number of methoxy groups -OCH3 is 2. The van der Waals surface area contributed by atoms with Gasteiger partial charge in [0.15, 0.2) is 0 Å². The highest BCUT2D eigenvalue weighted by atomic mass is 16.5. The summed E-state index contributed by atoms with van der Waals surface area (Å²) in [6, 6.07) is 9.19. The molecule has 1 atom stereocenters. The third-order valence-electron chi connectivity index (χ3n) is 3.73. The van der Waals surface area contributed by atoms with Crippen molar-refractivity contribution in [2.45, 2.75) is 19.9 Å². The van der Waals surface area contributed by atoms with Gasteiger partial charge in [-0.1, -0.05) is 30.3 Å². The van der Waals surface area contributed by atoms with Crippen LogP contribution < -0.4 is 5.32 Å². The minimum absolute atomic E-state index is 0.359. The van der Waals surface area contributed by atoms with E-state index in [4.69, 9.17) is 9.47 Å². The molecule has 0 fully saturated rings. The second kappa shape index (κ2) is 6.47. The van der Waals surface area contributed by atoms with E-state index in [2.05, 4.69) is 5.32 Å². The van der Waals surface area contributed by atoms with E-state index in [9.17, 15) is 9.59 Å². The zero-order valence-electron chi connectivity index (χ0n) is 13.1. The van der Waals surface area contributed by atoms with E-state index >= 15 is 0 Å². The Kier molecular flexibility index (Phi) is 4.65. The summed E-state index contributed by atoms with van der Waals surface area (Å²) in [4.78, 5) is 24.2. The fourth-order valence-electron chi connectivity index (χ4n) is 2.68. The molecule has 0 radical (unpaired) electrons. The zero-order valence-corrected chi connectivity index (χ0v) is 13.1. The fraction of sp³-hybridized carbons (Fsp3) is 0.294. The van der Waals surface area contributed by atoms with Gasteiger partial charge in [-0.25, -0.2) is 9.59 Å². The standard InChI is InChI=1S/C17H19NO4/c1-10-13(16(19)21-3)11(2)18-15(14(10)17(20)22-4)12-8-6-5-7-9-12/h5-9,15,18H,1-4H3. The van der Waals surface area contributed by atoms with Crippen LogP contribution in [0.25, 0.3) is 0 Å². The van der Waals surface area contributed by atoms with Gasteiger partial charge < -0.3 is 14.8 Å². The smallest absolute Gasteiger partial charge is 0.339 e. The number of benzene rings is 1. The van der Waals surface area contributed by atoms with Gasteiger partial charge in [0, 0.05) is 5.70 Å². The average Bonchev–Trinajstić information content (AvgIpc) is 2.54. The van der Waals surface area contributed by atoms with E-state index in [1.807, 2.05) is 30.3 Å². The number of hydrogen-bond donors (Lipinski definition) is 1. The average molecular weight is 301 g/mol. The molecular weight excluding hydrogens is 282 g/mol. The molecule has 1 heterocycles. The van der Waals surface area contributed by atoms with Gasteiger partial charge >= 0.3 is 11.9 Å². The van der Waals surface area contributed by atoms with Gasteiger partial charge in [-0.2, -0.15) is 0 Å². The number of dihydropyridines is 1. The number of allylic oxidation sites excluding steroid dienone is 1. The Morgan fingerprint density at radius 1 is 1.00 bits per heavy atom. The Hall–Kier alpha value is -2.56. The molecule has 5 nitrogen and oxygen atoms in total. The number of carbonyl (C=O) groups excluding carboxylic acids is 2. The topological polar surface area (TPSA) is 64.6 Å². The Labute approximate surface area is 129 Å². The largest absolute Gasteiger partial charge is 0.466 e. The monoisotopic (exact) mass is 301 g/mol. The van der Waals surface area contributed by atoms with Crippen molar-refractivity contribution in [1.29, 1.82) is 0 Å². The van der Waals surface area contributed by atoms with Crippen molar-refractivity contribution in [2.75, 3.05) is 14.2 Å². The molecule has 0 spiro atoms. The minimum atomic E-state index is -0.476. The molecule has 22 heavy (non-hydrogen) atoms. The zero-order chi connectivity index (χ0) is 16.3. The van der Waals surface area contributed by atoms with Crippen molar-refractivity contribution in [3.63, 3.8) is 0 Å². The van der Waals surface area contributed by atoms with E-state index in [-0.39, 0.29) is 6.04 Å². The first kappa shape index (κ1) is 15.8. The highest BCUT2D eigenvalue weighted by Gasteiger charge is 2.34. The van der Waals surface area contributed by atoms with Crippen LogP contribution in [0.3, 0.4) is 0 Å². The third kappa shape index (κ3) is 2.74. The molecule has 1 aromatic rings. The first-order valence-corrected chi connectivity index (χ1v) is 6.91. The molecule has 1 aromatic carbocycles. The van der Waals surface area contributed by atoms with E-state index in [0.29, 0.717) is 22.4 Å². The molecule has 0 bridgehead atoms. The van der Waals surface area contributed by atoms with E-state index < -0.39 is 11.9 Å². The predicted molar refractivity (Wildman–Crippen MR) is 81.8 cm³/mol. The SMILES string of the molecule is COC(=O)C1=C(C)NC(c2ccccc2)C(C(=O)OC)=C1C. The Morgan fingerprint density at radius 2 is 1.59 bits per heavy atom. The van der Waals surface area contributed by atoms with Gasteiger partial charge in [-0.15, -0.1) is 0 Å². The third-order valence-corrected chi connectivity index (χ3v) is 3.73. The van der Waals surface area contributed by atoms with Gasteiger partial charge in [0.05, 0.1) is 31.4 Å². The maximum atomic E-state index is 12.2. The number of ether oxygens (including phenoxy) is 2. The van der Waals surface area contributed by atoms with Crippen LogP contribution in [0.5, 0.6) is 0 Å². The number of esters is 2. The van der Waals surface area contributed by atoms with Gasteiger partial charge in [0.25, 0.3) is 0 Å². The van der Waals surface area contributed by atoms with Crippen LogP contribution in [0.4, 0.5) is 0 Å². The maximum Gasteiger partial charge on any atom is 0.339 e. The Bertz CT molecular complexity index is 658. The lowest BCUT2D eigenvalue weighted by atomic mass is 9.87. The summed E-state index contributed by atoms with van der Waals surface area (Å²) in [5.74, 6) is -0.942. The van der Waals surface area contributed by atoms with Gasteiger partial charge in [0.2, 0.25) is 0 Å². The Balaban J connectivity index is 2.59. The van der Waals surface area contributed by atoms with Gasteiger partial charge in [0.1, 0.15) is 0 Å². The molecule has 5 heteroatoms. The maximum absolute atomic E-state index is 12.2. The molecule has 0 aliphatic carbocycles. The molecule has 0 amide bonds. The van der Waals surface area contributed by atoms with Gasteiger partial charge in [-0.05, 0) is 25.0 Å². The lowest BCUT2D eigenvalue weighted by molar-refractivity contribution is -0.136. The number of hydrogen-bond acceptors (Lipinski definition) is 5. The highest BCUT2D eigenvalue weighted by Crippen LogP contribution is 2.34. The normalized spacial score (nSPS) is 17.9. The van der Waals surface area contributed by atoms with E-state index in [1.54, 1.807) is 13.8 Å². The van der Waals surface area contributed by atoms with Crippen molar-refractivity contribution in [3.05, 3.63) is 58.3 Å².